The van der Waals surface area contributed by atoms with Crippen LogP contribution >= 0.6 is 0 Å². The molecule has 3 aliphatic rings. The highest BCUT2D eigenvalue weighted by Gasteiger charge is 2.53. The van der Waals surface area contributed by atoms with E-state index in [1.165, 1.54) is 89.0 Å². The Morgan fingerprint density at radius 1 is 0.273 bits per heavy atom. The van der Waals surface area contributed by atoms with E-state index in [9.17, 15) is 0 Å². The van der Waals surface area contributed by atoms with Crippen LogP contribution in [0.4, 0.5) is 17.1 Å². The van der Waals surface area contributed by atoms with E-state index < -0.39 is 10.8 Å². The van der Waals surface area contributed by atoms with Crippen LogP contribution in [0.25, 0.3) is 33.4 Å². The third-order valence-corrected chi connectivity index (χ3v) is 15.2. The van der Waals surface area contributed by atoms with Crippen molar-refractivity contribution < 1.29 is 0 Å². The van der Waals surface area contributed by atoms with E-state index in [0.717, 1.165) is 17.1 Å². The maximum atomic E-state index is 2.48. The van der Waals surface area contributed by atoms with Gasteiger partial charge in [-0.15, -0.1) is 0 Å². The molecule has 0 amide bonds. The molecule has 0 N–H and O–H groups in total. The third kappa shape index (κ3) is 5.17. The van der Waals surface area contributed by atoms with Gasteiger partial charge in [0.25, 0.3) is 0 Å². The van der Waals surface area contributed by atoms with Crippen molar-refractivity contribution >= 4 is 17.1 Å². The average Bonchev–Trinajstić information content (AvgIpc) is 3.85. The number of para-hydroxylation sites is 2. The van der Waals surface area contributed by atoms with Crippen molar-refractivity contribution in [1.82, 2.24) is 0 Å². The summed E-state index contributed by atoms with van der Waals surface area (Å²) in [7, 11) is 0. The molecule has 0 saturated carbocycles. The molecule has 10 aromatic rings. The van der Waals surface area contributed by atoms with Gasteiger partial charge in [-0.25, -0.2) is 0 Å². The minimum atomic E-state index is -0.463. The quantitative estimate of drug-likeness (QED) is 0.161. The van der Waals surface area contributed by atoms with E-state index in [-0.39, 0.29) is 5.41 Å². The van der Waals surface area contributed by atoms with Crippen molar-refractivity contribution in [3.8, 4) is 33.4 Å². The van der Waals surface area contributed by atoms with Crippen LogP contribution in [-0.2, 0) is 16.2 Å². The molecule has 1 nitrogen and oxygen atoms in total. The predicted octanol–water partition coefficient (Wildman–Crippen LogP) is 16.2. The highest BCUT2D eigenvalue weighted by molar-refractivity contribution is 5.96. The summed E-state index contributed by atoms with van der Waals surface area (Å²) in [6.07, 6.45) is 0. The molecule has 0 aromatic heterocycles. The molecule has 66 heavy (non-hydrogen) atoms. The number of hydrogen-bond acceptors (Lipinski definition) is 1. The van der Waals surface area contributed by atoms with Gasteiger partial charge in [0.05, 0.1) is 16.5 Å². The molecule has 0 saturated heterocycles. The summed E-state index contributed by atoms with van der Waals surface area (Å²) in [5.41, 5.74) is 23.2. The second kappa shape index (κ2) is 14.5. The monoisotopic (exact) mass is 841 g/mol. The molecule has 10 aromatic carbocycles. The molecule has 13 rings (SSSR count). The summed E-state index contributed by atoms with van der Waals surface area (Å²) in [6.45, 7) is 4.78. The first kappa shape index (κ1) is 38.5. The fourth-order valence-corrected chi connectivity index (χ4v) is 12.5. The highest BCUT2D eigenvalue weighted by atomic mass is 15.1. The lowest BCUT2D eigenvalue weighted by atomic mass is 9.55. The normalized spacial score (nSPS) is 14.9. The number of hydrogen-bond donors (Lipinski definition) is 0. The number of anilines is 3. The first-order valence-corrected chi connectivity index (χ1v) is 23.3. The summed E-state index contributed by atoms with van der Waals surface area (Å²) in [5, 5.41) is 0. The Labute approximate surface area is 388 Å². The van der Waals surface area contributed by atoms with Crippen LogP contribution in [0.2, 0.25) is 0 Å². The Balaban J connectivity index is 1.02. The van der Waals surface area contributed by atoms with Crippen LogP contribution < -0.4 is 4.90 Å². The van der Waals surface area contributed by atoms with Gasteiger partial charge in [-0.3, -0.25) is 0 Å². The van der Waals surface area contributed by atoms with Gasteiger partial charge in [-0.05, 0) is 120 Å². The number of nitrogens with zero attached hydrogens (tertiary/aromatic N) is 1. The van der Waals surface area contributed by atoms with Gasteiger partial charge in [-0.1, -0.05) is 226 Å². The number of rotatable bonds is 6. The number of fused-ring (bicyclic) bond motifs is 12. The molecule has 3 aliphatic carbocycles. The third-order valence-electron chi connectivity index (χ3n) is 15.2. The summed E-state index contributed by atoms with van der Waals surface area (Å²) in [4.78, 5) is 2.46. The zero-order valence-corrected chi connectivity index (χ0v) is 37.1. The largest absolute Gasteiger partial charge is 0.310 e. The first-order chi connectivity index (χ1) is 32.5. The van der Waals surface area contributed by atoms with Gasteiger partial charge in [-0.2, -0.15) is 0 Å². The van der Waals surface area contributed by atoms with E-state index in [4.69, 9.17) is 0 Å². The van der Waals surface area contributed by atoms with Crippen molar-refractivity contribution in [3.63, 3.8) is 0 Å². The minimum absolute atomic E-state index is 0.139. The molecule has 0 aliphatic heterocycles. The van der Waals surface area contributed by atoms with Crippen molar-refractivity contribution in [1.29, 1.82) is 0 Å². The van der Waals surface area contributed by atoms with Gasteiger partial charge in [0.15, 0.2) is 0 Å². The SMILES string of the molecule is CC1(C)c2ccccc2C2(c3ccccc3-c3cc(-c4ccccc4N(c4ccccc4)c4ccc5c(c4)-c4ccccc4C5(c4ccccc4)c4ccccc4)ccc32)c2ccccc21. The summed E-state index contributed by atoms with van der Waals surface area (Å²) in [5.74, 6) is 0. The second-order valence-electron chi connectivity index (χ2n) is 18.7. The topological polar surface area (TPSA) is 3.24 Å². The molecule has 0 heterocycles. The molecule has 312 valence electrons. The highest BCUT2D eigenvalue weighted by Crippen LogP contribution is 2.63. The van der Waals surface area contributed by atoms with Gasteiger partial charge in [0.1, 0.15) is 0 Å². The van der Waals surface area contributed by atoms with Crippen molar-refractivity contribution in [3.05, 3.63) is 304 Å². The first-order valence-electron chi connectivity index (χ1n) is 23.3. The zero-order chi connectivity index (χ0) is 44.0. The number of benzene rings is 10. The molecule has 1 spiro atoms. The maximum Gasteiger partial charge on any atom is 0.0719 e. The molecule has 0 radical (unpaired) electrons. The van der Waals surface area contributed by atoms with Gasteiger partial charge >= 0.3 is 0 Å². The van der Waals surface area contributed by atoms with Crippen LogP contribution in [0, 0.1) is 0 Å². The Kier molecular flexibility index (Phi) is 8.45. The smallest absolute Gasteiger partial charge is 0.0719 e. The van der Waals surface area contributed by atoms with E-state index in [0.29, 0.717) is 0 Å². The molecule has 1 heteroatoms. The van der Waals surface area contributed by atoms with E-state index in [2.05, 4.69) is 267 Å². The van der Waals surface area contributed by atoms with Crippen molar-refractivity contribution in [2.24, 2.45) is 0 Å². The fraction of sp³-hybridized carbons (Fsp3) is 0.0769. The van der Waals surface area contributed by atoms with E-state index in [1.807, 2.05) is 0 Å². The van der Waals surface area contributed by atoms with Gasteiger partial charge in [0.2, 0.25) is 0 Å². The van der Waals surface area contributed by atoms with Crippen LogP contribution in [0.3, 0.4) is 0 Å². The van der Waals surface area contributed by atoms with Crippen molar-refractivity contribution in [2.45, 2.75) is 30.1 Å². The Hall–Kier alpha value is -8.00. The van der Waals surface area contributed by atoms with Crippen molar-refractivity contribution in [2.75, 3.05) is 4.90 Å². The van der Waals surface area contributed by atoms with Crippen LogP contribution in [0.15, 0.2) is 249 Å². The predicted molar refractivity (Wildman–Crippen MR) is 273 cm³/mol. The van der Waals surface area contributed by atoms with Crippen LogP contribution in [-0.4, -0.2) is 0 Å². The van der Waals surface area contributed by atoms with E-state index >= 15 is 0 Å². The molecular formula is C65H47N. The van der Waals surface area contributed by atoms with Gasteiger partial charge < -0.3 is 4.90 Å². The average molecular weight is 842 g/mol. The lowest BCUT2D eigenvalue weighted by Crippen LogP contribution is -2.40. The molecule has 0 bridgehead atoms. The Morgan fingerprint density at radius 3 is 1.27 bits per heavy atom. The van der Waals surface area contributed by atoms with E-state index in [1.54, 1.807) is 0 Å². The van der Waals surface area contributed by atoms with Gasteiger partial charge in [0, 0.05) is 22.4 Å². The standard InChI is InChI=1S/C65H47N/c1-63(2)58-33-17-19-35-60(58)65(61-36-20-18-34-59(61)63)55-32-16-13-29-50(55)52-42-44(38-40-57(52)65)49-28-14-21-37-62(49)66(47-26-10-5-11-27-47)48-39-41-56-53(43-48)51-30-12-15-31-54(51)64(56,45-22-6-3-7-23-45)46-24-8-4-9-25-46/h3-43H,1-2H3. The fourth-order valence-electron chi connectivity index (χ4n) is 12.5. The lowest BCUT2D eigenvalue weighted by Gasteiger charge is -2.46. The summed E-state index contributed by atoms with van der Waals surface area (Å²) >= 11 is 0. The molecule has 0 fully saturated rings. The Bertz CT molecular complexity index is 3420. The maximum absolute atomic E-state index is 2.48. The Morgan fingerprint density at radius 2 is 0.682 bits per heavy atom. The molecule has 0 unspecified atom stereocenters. The molecular weight excluding hydrogens is 795 g/mol. The van der Waals surface area contributed by atoms with Crippen LogP contribution in [0.1, 0.15) is 69.5 Å². The molecule has 0 atom stereocenters. The second-order valence-corrected chi connectivity index (χ2v) is 18.7. The minimum Gasteiger partial charge on any atom is -0.310 e. The lowest BCUT2D eigenvalue weighted by molar-refractivity contribution is 0.563. The van der Waals surface area contributed by atoms with Crippen LogP contribution in [0.5, 0.6) is 0 Å². The zero-order valence-electron chi connectivity index (χ0n) is 37.1. The summed E-state index contributed by atoms with van der Waals surface area (Å²) < 4.78 is 0. The summed E-state index contributed by atoms with van der Waals surface area (Å²) in [6, 6.07) is 93.0.